The lowest BCUT2D eigenvalue weighted by Crippen LogP contribution is -2.48. The number of hydrogen-bond donors (Lipinski definition) is 1. The Kier molecular flexibility index (Phi) is 5.17. The van der Waals surface area contributed by atoms with Crippen LogP contribution >= 0.6 is 0 Å². The first-order valence-electron chi connectivity index (χ1n) is 7.57. The molecule has 0 unspecified atom stereocenters. The van der Waals surface area contributed by atoms with E-state index in [0.29, 0.717) is 6.04 Å². The molecule has 0 spiro atoms. The van der Waals surface area contributed by atoms with Gasteiger partial charge in [0.1, 0.15) is 0 Å². The number of carbonyl (C=O) groups excluding carboxylic acids is 1. The first kappa shape index (κ1) is 15.0. The van der Waals surface area contributed by atoms with Crippen LogP contribution in [-0.2, 0) is 9.59 Å². The van der Waals surface area contributed by atoms with E-state index in [1.165, 1.54) is 6.08 Å². The van der Waals surface area contributed by atoms with Gasteiger partial charge in [-0.25, -0.2) is 4.79 Å². The van der Waals surface area contributed by atoms with Gasteiger partial charge in [-0.1, -0.05) is 6.92 Å². The zero-order valence-corrected chi connectivity index (χ0v) is 12.1. The van der Waals surface area contributed by atoms with E-state index >= 15 is 0 Å². The van der Waals surface area contributed by atoms with E-state index in [9.17, 15) is 9.59 Å². The van der Waals surface area contributed by atoms with Gasteiger partial charge in [0, 0.05) is 37.3 Å². The molecule has 1 saturated carbocycles. The molecule has 1 heterocycles. The number of likely N-dealkylation sites (tertiary alicyclic amines) is 1. The average molecular weight is 280 g/mol. The molecule has 0 radical (unpaired) electrons. The highest BCUT2D eigenvalue weighted by atomic mass is 16.4. The summed E-state index contributed by atoms with van der Waals surface area (Å²) in [5.74, 6) is -1.20. The Bertz CT molecular complexity index is 383. The average Bonchev–Trinajstić information content (AvgIpc) is 3.24. The largest absolute Gasteiger partial charge is 0.478 e. The molecule has 1 aliphatic heterocycles. The van der Waals surface area contributed by atoms with Gasteiger partial charge in [-0.2, -0.15) is 0 Å². The molecule has 1 aliphatic carbocycles. The van der Waals surface area contributed by atoms with E-state index in [2.05, 4.69) is 11.8 Å². The minimum atomic E-state index is -1.06. The molecule has 5 heteroatoms. The number of amides is 1. The van der Waals surface area contributed by atoms with Crippen molar-refractivity contribution in [3.05, 3.63) is 12.2 Å². The molecular formula is C15H24N2O3. The van der Waals surface area contributed by atoms with Gasteiger partial charge < -0.3 is 14.9 Å². The Morgan fingerprint density at radius 1 is 1.15 bits per heavy atom. The molecule has 2 aliphatic rings. The molecule has 112 valence electrons. The summed E-state index contributed by atoms with van der Waals surface area (Å²) in [7, 11) is 0. The molecule has 0 aromatic heterocycles. The van der Waals surface area contributed by atoms with Crippen LogP contribution in [0.5, 0.6) is 0 Å². The Labute approximate surface area is 120 Å². The van der Waals surface area contributed by atoms with Crippen LogP contribution in [-0.4, -0.2) is 58.5 Å². The van der Waals surface area contributed by atoms with E-state index in [-0.39, 0.29) is 11.9 Å². The van der Waals surface area contributed by atoms with Crippen LogP contribution in [0.1, 0.15) is 39.0 Å². The fourth-order valence-electron chi connectivity index (χ4n) is 2.98. The van der Waals surface area contributed by atoms with Crippen molar-refractivity contribution in [1.82, 2.24) is 9.80 Å². The lowest BCUT2D eigenvalue weighted by Gasteiger charge is -2.38. The smallest absolute Gasteiger partial charge is 0.328 e. The molecule has 1 saturated heterocycles. The third-order valence-corrected chi connectivity index (χ3v) is 4.05. The molecule has 1 amide bonds. The first-order chi connectivity index (χ1) is 9.61. The highest BCUT2D eigenvalue weighted by molar-refractivity contribution is 5.94. The van der Waals surface area contributed by atoms with Crippen LogP contribution in [0, 0.1) is 0 Å². The van der Waals surface area contributed by atoms with Gasteiger partial charge in [-0.3, -0.25) is 4.79 Å². The lowest BCUT2D eigenvalue weighted by atomic mass is 10.0. The zero-order valence-electron chi connectivity index (χ0n) is 12.1. The molecule has 1 N–H and O–H groups in total. The van der Waals surface area contributed by atoms with Crippen LogP contribution < -0.4 is 0 Å². The number of piperidine rings is 1. The maximum absolute atomic E-state index is 12.2. The van der Waals surface area contributed by atoms with E-state index in [1.807, 2.05) is 4.90 Å². The molecule has 2 rings (SSSR count). The SMILES string of the molecule is CCCN1CCC(N(C(=O)/C=C\C(=O)O)C2CC2)CC1. The molecule has 5 nitrogen and oxygen atoms in total. The monoisotopic (exact) mass is 280 g/mol. The number of carbonyl (C=O) groups is 2. The summed E-state index contributed by atoms with van der Waals surface area (Å²) in [4.78, 5) is 27.1. The topological polar surface area (TPSA) is 60.9 Å². The summed E-state index contributed by atoms with van der Waals surface area (Å²) < 4.78 is 0. The Morgan fingerprint density at radius 2 is 1.75 bits per heavy atom. The molecule has 0 aromatic rings. The van der Waals surface area contributed by atoms with Crippen molar-refractivity contribution in [2.75, 3.05) is 19.6 Å². The predicted molar refractivity (Wildman–Crippen MR) is 76.4 cm³/mol. The number of rotatable bonds is 6. The van der Waals surface area contributed by atoms with Gasteiger partial charge in [0.05, 0.1) is 0 Å². The van der Waals surface area contributed by atoms with E-state index in [4.69, 9.17) is 5.11 Å². The summed E-state index contributed by atoms with van der Waals surface area (Å²) in [6.07, 6.45) is 7.44. The fourth-order valence-corrected chi connectivity index (χ4v) is 2.98. The second-order valence-corrected chi connectivity index (χ2v) is 5.72. The number of hydrogen-bond acceptors (Lipinski definition) is 3. The highest BCUT2D eigenvalue weighted by Gasteiger charge is 2.37. The van der Waals surface area contributed by atoms with Crippen molar-refractivity contribution < 1.29 is 14.7 Å². The third kappa shape index (κ3) is 4.07. The van der Waals surface area contributed by atoms with Crippen molar-refractivity contribution in [2.45, 2.75) is 51.1 Å². The molecule has 2 fully saturated rings. The van der Waals surface area contributed by atoms with Crippen molar-refractivity contribution in [3.63, 3.8) is 0 Å². The van der Waals surface area contributed by atoms with Crippen LogP contribution in [0.2, 0.25) is 0 Å². The predicted octanol–water partition coefficient (Wildman–Crippen LogP) is 1.49. The number of nitrogens with zero attached hydrogens (tertiary/aromatic N) is 2. The van der Waals surface area contributed by atoms with E-state index in [0.717, 1.165) is 57.8 Å². The van der Waals surface area contributed by atoms with Crippen LogP contribution in [0.15, 0.2) is 12.2 Å². The van der Waals surface area contributed by atoms with Gasteiger partial charge in [0.2, 0.25) is 5.91 Å². The van der Waals surface area contributed by atoms with Crippen LogP contribution in [0.3, 0.4) is 0 Å². The summed E-state index contributed by atoms with van der Waals surface area (Å²) in [6.45, 7) is 5.39. The Hall–Kier alpha value is -1.36. The Morgan fingerprint density at radius 3 is 2.25 bits per heavy atom. The molecule has 20 heavy (non-hydrogen) atoms. The summed E-state index contributed by atoms with van der Waals surface area (Å²) >= 11 is 0. The highest BCUT2D eigenvalue weighted by Crippen LogP contribution is 2.32. The van der Waals surface area contributed by atoms with Gasteiger partial charge in [0.15, 0.2) is 0 Å². The van der Waals surface area contributed by atoms with E-state index < -0.39 is 5.97 Å². The van der Waals surface area contributed by atoms with Crippen molar-refractivity contribution >= 4 is 11.9 Å². The van der Waals surface area contributed by atoms with Gasteiger partial charge >= 0.3 is 5.97 Å². The van der Waals surface area contributed by atoms with Crippen molar-refractivity contribution in [3.8, 4) is 0 Å². The number of carboxylic acid groups (broad SMARTS) is 1. The first-order valence-corrected chi connectivity index (χ1v) is 7.57. The minimum absolute atomic E-state index is 0.135. The lowest BCUT2D eigenvalue weighted by molar-refractivity contribution is -0.133. The second kappa shape index (κ2) is 6.88. The van der Waals surface area contributed by atoms with Gasteiger partial charge in [-0.15, -0.1) is 0 Å². The van der Waals surface area contributed by atoms with Gasteiger partial charge in [-0.05, 0) is 38.6 Å². The van der Waals surface area contributed by atoms with Crippen LogP contribution in [0.25, 0.3) is 0 Å². The molecular weight excluding hydrogens is 256 g/mol. The summed E-state index contributed by atoms with van der Waals surface area (Å²) in [5.41, 5.74) is 0. The molecule has 0 bridgehead atoms. The third-order valence-electron chi connectivity index (χ3n) is 4.05. The Balaban J connectivity index is 1.93. The van der Waals surface area contributed by atoms with Crippen molar-refractivity contribution in [1.29, 1.82) is 0 Å². The zero-order chi connectivity index (χ0) is 14.5. The minimum Gasteiger partial charge on any atom is -0.478 e. The molecule has 0 aromatic carbocycles. The molecule has 0 atom stereocenters. The normalized spacial score (nSPS) is 21.2. The van der Waals surface area contributed by atoms with Crippen molar-refractivity contribution in [2.24, 2.45) is 0 Å². The maximum Gasteiger partial charge on any atom is 0.328 e. The fraction of sp³-hybridized carbons (Fsp3) is 0.733. The quantitative estimate of drug-likeness (QED) is 0.749. The van der Waals surface area contributed by atoms with Gasteiger partial charge in [0.25, 0.3) is 0 Å². The number of aliphatic carboxylic acids is 1. The van der Waals surface area contributed by atoms with Crippen LogP contribution in [0.4, 0.5) is 0 Å². The van der Waals surface area contributed by atoms with E-state index in [1.54, 1.807) is 0 Å². The number of carboxylic acids is 1. The summed E-state index contributed by atoms with van der Waals surface area (Å²) in [6, 6.07) is 0.616. The second-order valence-electron chi connectivity index (χ2n) is 5.72. The maximum atomic E-state index is 12.2. The summed E-state index contributed by atoms with van der Waals surface area (Å²) in [5, 5.41) is 8.64. The standard InChI is InChI=1S/C15H24N2O3/c1-2-9-16-10-7-13(8-11-16)17(12-3-4-12)14(18)5-6-15(19)20/h5-6,12-13H,2-4,7-11H2,1H3,(H,19,20)/b6-5-.